The molecule has 1 heterocycles. The molecule has 0 bridgehead atoms. The lowest BCUT2D eigenvalue weighted by atomic mass is 10.1. The number of hydrogen-bond acceptors (Lipinski definition) is 3. The minimum atomic E-state index is -0.722. The highest BCUT2D eigenvalue weighted by Gasteiger charge is 2.14. The van der Waals surface area contributed by atoms with E-state index in [1.54, 1.807) is 23.1 Å². The predicted octanol–water partition coefficient (Wildman–Crippen LogP) is 2.30. The number of thiocarbonyl (C=S) groups is 1. The largest absolute Gasteiger partial charge is 0.389 e. The molecule has 1 atom stereocenters. The van der Waals surface area contributed by atoms with Crippen molar-refractivity contribution in [1.29, 1.82) is 0 Å². The molecule has 0 saturated heterocycles. The van der Waals surface area contributed by atoms with Crippen LogP contribution < -0.4 is 11.1 Å². The monoisotopic (exact) mass is 296 g/mol. The number of nitrogens with one attached hydrogen (secondary N) is 1. The summed E-state index contributed by atoms with van der Waals surface area (Å²) in [4.78, 5) is -0.0426. The van der Waals surface area contributed by atoms with Crippen LogP contribution in [0.15, 0.2) is 30.6 Å². The normalized spacial score (nSPS) is 12.2. The van der Waals surface area contributed by atoms with E-state index in [1.165, 1.54) is 0 Å². The van der Waals surface area contributed by atoms with Gasteiger partial charge in [-0.15, -0.1) is 0 Å². The summed E-state index contributed by atoms with van der Waals surface area (Å²) in [5.41, 5.74) is 5.34. The summed E-state index contributed by atoms with van der Waals surface area (Å²) in [6.45, 7) is 2.30. The van der Waals surface area contributed by atoms with Crippen LogP contribution >= 0.6 is 12.2 Å². The second kappa shape index (κ2) is 5.96. The topological polar surface area (TPSA) is 55.9 Å². The van der Waals surface area contributed by atoms with Gasteiger partial charge in [-0.2, -0.15) is 5.10 Å². The average Bonchev–Trinajstić information content (AvgIpc) is 2.86. The van der Waals surface area contributed by atoms with Gasteiger partial charge in [0.2, 0.25) is 0 Å². The van der Waals surface area contributed by atoms with Gasteiger partial charge in [0.15, 0.2) is 0 Å². The fourth-order valence-electron chi connectivity index (χ4n) is 1.83. The maximum atomic E-state index is 13.9. The van der Waals surface area contributed by atoms with E-state index in [4.69, 9.17) is 18.0 Å². The molecule has 20 heavy (non-hydrogen) atoms. The zero-order valence-electron chi connectivity index (χ0n) is 10.8. The molecule has 0 fully saturated rings. The van der Waals surface area contributed by atoms with Crippen LogP contribution in [0, 0.1) is 11.6 Å². The fourth-order valence-corrected chi connectivity index (χ4v) is 1.95. The molecule has 2 rings (SSSR count). The number of benzene rings is 1. The van der Waals surface area contributed by atoms with E-state index < -0.39 is 11.6 Å². The number of aromatic nitrogens is 2. The highest BCUT2D eigenvalue weighted by molar-refractivity contribution is 7.80. The summed E-state index contributed by atoms with van der Waals surface area (Å²) in [5.74, 6) is -1.44. The van der Waals surface area contributed by atoms with Gasteiger partial charge < -0.3 is 11.1 Å². The zero-order chi connectivity index (χ0) is 14.7. The predicted molar refractivity (Wildman–Crippen MR) is 77.6 cm³/mol. The summed E-state index contributed by atoms with van der Waals surface area (Å²) >= 11 is 4.70. The first kappa shape index (κ1) is 14.4. The lowest BCUT2D eigenvalue weighted by Crippen LogP contribution is -2.24. The first-order chi connectivity index (χ1) is 9.47. The third-order valence-electron chi connectivity index (χ3n) is 2.74. The lowest BCUT2D eigenvalue weighted by Gasteiger charge is -2.17. The molecule has 0 aliphatic rings. The van der Waals surface area contributed by atoms with Crippen LogP contribution in [-0.4, -0.2) is 20.8 Å². The SMILES string of the molecule is CC(Cn1cccn1)Nc1c(F)cc(C(N)=S)cc1F. The molecule has 1 aromatic carbocycles. The Labute approximate surface area is 120 Å². The third kappa shape index (κ3) is 3.30. The quantitative estimate of drug-likeness (QED) is 0.831. The van der Waals surface area contributed by atoms with Gasteiger partial charge in [0.1, 0.15) is 22.3 Å². The maximum Gasteiger partial charge on any atom is 0.150 e. The van der Waals surface area contributed by atoms with Crippen LogP contribution in [-0.2, 0) is 6.54 Å². The molecule has 3 N–H and O–H groups in total. The fraction of sp³-hybridized carbons (Fsp3) is 0.231. The average molecular weight is 296 g/mol. The molecule has 4 nitrogen and oxygen atoms in total. The number of nitrogens with zero attached hydrogens (tertiary/aromatic N) is 2. The molecule has 0 spiro atoms. The molecule has 106 valence electrons. The van der Waals surface area contributed by atoms with E-state index in [-0.39, 0.29) is 22.3 Å². The standard InChI is InChI=1S/C13H14F2N4S/c1-8(7-19-4-2-3-17-19)18-12-10(14)5-9(13(16)20)6-11(12)15/h2-6,8,18H,7H2,1H3,(H2,16,20). The van der Waals surface area contributed by atoms with Crippen LogP contribution in [0.2, 0.25) is 0 Å². The van der Waals surface area contributed by atoms with Crippen LogP contribution in [0.4, 0.5) is 14.5 Å². The smallest absolute Gasteiger partial charge is 0.150 e. The van der Waals surface area contributed by atoms with Crippen LogP contribution in [0.1, 0.15) is 12.5 Å². The van der Waals surface area contributed by atoms with Gasteiger partial charge in [-0.3, -0.25) is 4.68 Å². The van der Waals surface area contributed by atoms with Crippen molar-refractivity contribution >= 4 is 22.9 Å². The van der Waals surface area contributed by atoms with Crippen LogP contribution in [0.5, 0.6) is 0 Å². The van der Waals surface area contributed by atoms with Crippen LogP contribution in [0.3, 0.4) is 0 Å². The maximum absolute atomic E-state index is 13.9. The molecule has 0 radical (unpaired) electrons. The van der Waals surface area contributed by atoms with E-state index in [9.17, 15) is 8.78 Å². The molecule has 0 aliphatic carbocycles. The Balaban J connectivity index is 2.14. The molecular weight excluding hydrogens is 282 g/mol. The van der Waals surface area contributed by atoms with Gasteiger partial charge in [-0.25, -0.2) is 8.78 Å². The van der Waals surface area contributed by atoms with Gasteiger partial charge in [0.05, 0.1) is 6.54 Å². The Bertz CT molecular complexity index is 590. The molecule has 7 heteroatoms. The van der Waals surface area contributed by atoms with Crippen molar-refractivity contribution in [3.63, 3.8) is 0 Å². The van der Waals surface area contributed by atoms with Crippen molar-refractivity contribution in [3.8, 4) is 0 Å². The molecular formula is C13H14F2N4S. The first-order valence-electron chi connectivity index (χ1n) is 6.00. The Kier molecular flexibility index (Phi) is 4.29. The van der Waals surface area contributed by atoms with Gasteiger partial charge in [-0.1, -0.05) is 12.2 Å². The summed E-state index contributed by atoms with van der Waals surface area (Å²) < 4.78 is 29.4. The third-order valence-corrected chi connectivity index (χ3v) is 2.97. The van der Waals surface area contributed by atoms with Gasteiger partial charge in [0, 0.05) is 24.0 Å². The lowest BCUT2D eigenvalue weighted by molar-refractivity contribution is 0.543. The molecule has 2 aromatic rings. The van der Waals surface area contributed by atoms with E-state index >= 15 is 0 Å². The number of halogens is 2. The molecule has 0 aliphatic heterocycles. The van der Waals surface area contributed by atoms with Gasteiger partial charge in [-0.05, 0) is 25.1 Å². The number of rotatable bonds is 5. The summed E-state index contributed by atoms with van der Waals surface area (Å²) in [7, 11) is 0. The van der Waals surface area contributed by atoms with Gasteiger partial charge in [0.25, 0.3) is 0 Å². The Hall–Kier alpha value is -2.02. The zero-order valence-corrected chi connectivity index (χ0v) is 11.6. The highest BCUT2D eigenvalue weighted by Crippen LogP contribution is 2.21. The first-order valence-corrected chi connectivity index (χ1v) is 6.41. The summed E-state index contributed by atoms with van der Waals surface area (Å²) in [5, 5.41) is 6.82. The van der Waals surface area contributed by atoms with Crippen molar-refractivity contribution in [2.24, 2.45) is 5.73 Å². The second-order valence-corrected chi connectivity index (χ2v) is 4.89. The minimum absolute atomic E-state index is 0.0426. The van der Waals surface area contributed by atoms with E-state index in [0.717, 1.165) is 12.1 Å². The summed E-state index contributed by atoms with van der Waals surface area (Å²) in [6, 6.07) is 3.82. The van der Waals surface area contributed by atoms with Gasteiger partial charge >= 0.3 is 0 Å². The molecule has 1 unspecified atom stereocenters. The van der Waals surface area contributed by atoms with Crippen molar-refractivity contribution < 1.29 is 8.78 Å². The summed E-state index contributed by atoms with van der Waals surface area (Å²) in [6.07, 6.45) is 3.42. The minimum Gasteiger partial charge on any atom is -0.389 e. The number of nitrogens with two attached hydrogens (primary N) is 1. The van der Waals surface area contributed by atoms with Crippen LogP contribution in [0.25, 0.3) is 0 Å². The Morgan fingerprint density at radius 2 is 2.10 bits per heavy atom. The van der Waals surface area contributed by atoms with E-state index in [2.05, 4.69) is 10.4 Å². The highest BCUT2D eigenvalue weighted by atomic mass is 32.1. The number of hydrogen-bond donors (Lipinski definition) is 2. The molecule has 1 aromatic heterocycles. The molecule has 0 saturated carbocycles. The van der Waals surface area contributed by atoms with E-state index in [0.29, 0.717) is 6.54 Å². The molecule has 0 amide bonds. The van der Waals surface area contributed by atoms with Crippen molar-refractivity contribution in [3.05, 3.63) is 47.8 Å². The Morgan fingerprint density at radius 1 is 1.45 bits per heavy atom. The Morgan fingerprint density at radius 3 is 2.60 bits per heavy atom. The van der Waals surface area contributed by atoms with Crippen molar-refractivity contribution in [2.45, 2.75) is 19.5 Å². The van der Waals surface area contributed by atoms with Crippen molar-refractivity contribution in [2.75, 3.05) is 5.32 Å². The van der Waals surface area contributed by atoms with E-state index in [1.807, 2.05) is 6.92 Å². The second-order valence-electron chi connectivity index (χ2n) is 4.45. The number of anilines is 1. The van der Waals surface area contributed by atoms with Crippen molar-refractivity contribution in [1.82, 2.24) is 9.78 Å².